The molecule has 2 aliphatic rings. The van der Waals surface area contributed by atoms with Gasteiger partial charge in [-0.3, -0.25) is 9.63 Å². The van der Waals surface area contributed by atoms with E-state index in [-0.39, 0.29) is 29.8 Å². The predicted octanol–water partition coefficient (Wildman–Crippen LogP) is 3.26. The van der Waals surface area contributed by atoms with E-state index in [2.05, 4.69) is 5.48 Å². The summed E-state index contributed by atoms with van der Waals surface area (Å²) in [6.07, 6.45) is 3.11. The first kappa shape index (κ1) is 18.5. The topological polar surface area (TPSA) is 90.7 Å². The summed E-state index contributed by atoms with van der Waals surface area (Å²) >= 11 is 6.33. The fraction of sp³-hybridized carbons (Fsp3) is 0.368. The van der Waals surface area contributed by atoms with Gasteiger partial charge >= 0.3 is 6.09 Å². The van der Waals surface area contributed by atoms with Crippen LogP contribution in [-0.2, 0) is 20.8 Å². The van der Waals surface area contributed by atoms with Crippen LogP contribution >= 0.6 is 11.6 Å². The van der Waals surface area contributed by atoms with Crippen LogP contribution in [0.1, 0.15) is 25.8 Å². The van der Waals surface area contributed by atoms with Crippen molar-refractivity contribution in [3.8, 4) is 0 Å². The van der Waals surface area contributed by atoms with E-state index in [0.29, 0.717) is 17.2 Å². The maximum absolute atomic E-state index is 11.7. The number of amides is 2. The highest BCUT2D eigenvalue weighted by Gasteiger charge is 2.44. The molecule has 1 saturated heterocycles. The number of primary amides is 1. The first-order valence-electron chi connectivity index (χ1n) is 8.35. The van der Waals surface area contributed by atoms with Crippen LogP contribution in [-0.4, -0.2) is 18.1 Å². The van der Waals surface area contributed by atoms with Crippen molar-refractivity contribution >= 4 is 23.6 Å². The zero-order valence-corrected chi connectivity index (χ0v) is 15.4. The van der Waals surface area contributed by atoms with E-state index in [0.717, 1.165) is 11.1 Å². The maximum Gasteiger partial charge on any atom is 0.409 e. The summed E-state index contributed by atoms with van der Waals surface area (Å²) in [6.45, 7) is 4.10. The number of halogens is 1. The number of allylic oxidation sites excluding steroid dienone is 2. The summed E-state index contributed by atoms with van der Waals surface area (Å²) in [6, 6.07) is 7.47. The molecule has 2 atom stereocenters. The van der Waals surface area contributed by atoms with E-state index < -0.39 is 6.09 Å². The number of nitrogens with two attached hydrogens (primary N) is 1. The SMILES string of the molecule is CC1(C)C=CC(OC(N)=O)=C(Cc2ccccc2Cl)C1C1CC(=O)NO1. The summed E-state index contributed by atoms with van der Waals surface area (Å²) in [7, 11) is 0. The Morgan fingerprint density at radius 1 is 1.42 bits per heavy atom. The standard InChI is InChI=1S/C19H21ClN2O4/c1-19(2)8-7-14(25-18(21)24)12(9-11-5-3-4-6-13(11)20)17(19)15-10-16(23)22-26-15/h3-8,15,17H,9-10H2,1-2H3,(H2,21,24)(H,22,23). The lowest BCUT2D eigenvalue weighted by molar-refractivity contribution is -0.125. The van der Waals surface area contributed by atoms with Crippen molar-refractivity contribution in [2.45, 2.75) is 32.8 Å². The Morgan fingerprint density at radius 3 is 2.77 bits per heavy atom. The Kier molecular flexibility index (Phi) is 5.07. The number of carbonyl (C=O) groups excluding carboxylic acids is 2. The van der Waals surface area contributed by atoms with Gasteiger partial charge in [-0.1, -0.05) is 49.7 Å². The lowest BCUT2D eigenvalue weighted by atomic mass is 9.67. The third kappa shape index (κ3) is 3.76. The Bertz CT molecular complexity index is 800. The average molecular weight is 377 g/mol. The minimum atomic E-state index is -0.888. The lowest BCUT2D eigenvalue weighted by Crippen LogP contribution is -2.38. The molecule has 3 N–H and O–H groups in total. The number of rotatable bonds is 4. The predicted molar refractivity (Wildman–Crippen MR) is 96.9 cm³/mol. The Labute approximate surface area is 156 Å². The second-order valence-corrected chi connectivity index (χ2v) is 7.50. The van der Waals surface area contributed by atoms with Gasteiger partial charge in [0.2, 0.25) is 5.91 Å². The van der Waals surface area contributed by atoms with Gasteiger partial charge in [0.1, 0.15) is 11.9 Å². The fourth-order valence-corrected chi connectivity index (χ4v) is 3.85. The van der Waals surface area contributed by atoms with Crippen LogP contribution in [0.4, 0.5) is 4.79 Å². The van der Waals surface area contributed by atoms with E-state index in [1.807, 2.05) is 44.2 Å². The number of hydroxylamine groups is 1. The van der Waals surface area contributed by atoms with Crippen molar-refractivity contribution in [3.05, 3.63) is 58.3 Å². The molecule has 3 rings (SSSR count). The van der Waals surface area contributed by atoms with Crippen LogP contribution in [0.5, 0.6) is 0 Å². The number of carbonyl (C=O) groups is 2. The Hall–Kier alpha value is -2.31. The minimum Gasteiger partial charge on any atom is -0.411 e. The highest BCUT2D eigenvalue weighted by Crippen LogP contribution is 2.45. The Morgan fingerprint density at radius 2 is 2.15 bits per heavy atom. The van der Waals surface area contributed by atoms with E-state index in [1.54, 1.807) is 6.08 Å². The van der Waals surface area contributed by atoms with Crippen molar-refractivity contribution in [2.24, 2.45) is 17.1 Å². The fourth-order valence-electron chi connectivity index (χ4n) is 3.65. The van der Waals surface area contributed by atoms with Crippen molar-refractivity contribution < 1.29 is 19.2 Å². The summed E-state index contributed by atoms with van der Waals surface area (Å²) in [5.41, 5.74) is 9.05. The van der Waals surface area contributed by atoms with Gasteiger partial charge in [-0.2, -0.15) is 0 Å². The molecular weight excluding hydrogens is 356 g/mol. The molecule has 26 heavy (non-hydrogen) atoms. The van der Waals surface area contributed by atoms with E-state index >= 15 is 0 Å². The van der Waals surface area contributed by atoms with Gasteiger partial charge in [0.05, 0.1) is 6.42 Å². The van der Waals surface area contributed by atoms with Crippen LogP contribution in [0.25, 0.3) is 0 Å². The average Bonchev–Trinajstić information content (AvgIpc) is 2.97. The summed E-state index contributed by atoms with van der Waals surface area (Å²) in [4.78, 5) is 28.6. The smallest absolute Gasteiger partial charge is 0.409 e. The van der Waals surface area contributed by atoms with Gasteiger partial charge in [-0.05, 0) is 35.1 Å². The molecular formula is C19H21ClN2O4. The van der Waals surface area contributed by atoms with Crippen LogP contribution in [0, 0.1) is 11.3 Å². The van der Waals surface area contributed by atoms with Crippen LogP contribution in [0.15, 0.2) is 47.7 Å². The maximum atomic E-state index is 11.7. The largest absolute Gasteiger partial charge is 0.411 e. The monoisotopic (exact) mass is 376 g/mol. The summed E-state index contributed by atoms with van der Waals surface area (Å²) in [5.74, 6) is 0.0107. The molecule has 0 aromatic heterocycles. The van der Waals surface area contributed by atoms with Gasteiger partial charge in [0, 0.05) is 10.9 Å². The number of hydrogen-bond acceptors (Lipinski definition) is 4. The summed E-state index contributed by atoms with van der Waals surface area (Å²) in [5, 5.41) is 0.617. The van der Waals surface area contributed by atoms with E-state index in [9.17, 15) is 9.59 Å². The van der Waals surface area contributed by atoms with Crippen molar-refractivity contribution in [1.82, 2.24) is 5.48 Å². The molecule has 2 unspecified atom stereocenters. The number of benzene rings is 1. The van der Waals surface area contributed by atoms with Crippen LogP contribution in [0.2, 0.25) is 5.02 Å². The van der Waals surface area contributed by atoms with E-state index in [4.69, 9.17) is 26.9 Å². The molecule has 0 spiro atoms. The highest BCUT2D eigenvalue weighted by atomic mass is 35.5. The number of ether oxygens (including phenoxy) is 1. The van der Waals surface area contributed by atoms with Crippen molar-refractivity contribution in [2.75, 3.05) is 0 Å². The highest BCUT2D eigenvalue weighted by molar-refractivity contribution is 6.31. The van der Waals surface area contributed by atoms with Gasteiger partial charge in [0.25, 0.3) is 0 Å². The second-order valence-electron chi connectivity index (χ2n) is 7.10. The zero-order valence-electron chi connectivity index (χ0n) is 14.6. The third-order valence-corrected chi connectivity index (χ3v) is 5.16. The van der Waals surface area contributed by atoms with E-state index in [1.165, 1.54) is 0 Å². The molecule has 0 saturated carbocycles. The zero-order chi connectivity index (χ0) is 18.9. The summed E-state index contributed by atoms with van der Waals surface area (Å²) < 4.78 is 5.25. The molecule has 2 amide bonds. The van der Waals surface area contributed by atoms with Crippen LogP contribution < -0.4 is 11.2 Å². The molecule has 0 radical (unpaired) electrons. The molecule has 6 nitrogen and oxygen atoms in total. The second kappa shape index (κ2) is 7.13. The molecule has 1 aliphatic heterocycles. The van der Waals surface area contributed by atoms with Crippen molar-refractivity contribution in [1.29, 1.82) is 0 Å². The molecule has 0 bridgehead atoms. The molecule has 1 aromatic carbocycles. The molecule has 1 fully saturated rings. The molecule has 7 heteroatoms. The van der Waals surface area contributed by atoms with Gasteiger partial charge in [-0.25, -0.2) is 10.3 Å². The van der Waals surface area contributed by atoms with Crippen molar-refractivity contribution in [3.63, 3.8) is 0 Å². The molecule has 1 heterocycles. The van der Waals surface area contributed by atoms with Gasteiger partial charge in [0.15, 0.2) is 0 Å². The normalized spacial score (nSPS) is 24.5. The lowest BCUT2D eigenvalue weighted by Gasteiger charge is -2.39. The first-order chi connectivity index (χ1) is 12.3. The minimum absolute atomic E-state index is 0.171. The van der Waals surface area contributed by atoms with Gasteiger partial charge in [-0.15, -0.1) is 0 Å². The molecule has 138 valence electrons. The number of hydrogen-bond donors (Lipinski definition) is 2. The molecule has 1 aliphatic carbocycles. The molecule has 1 aromatic rings. The Balaban J connectivity index is 2.06. The first-order valence-corrected chi connectivity index (χ1v) is 8.73. The quantitative estimate of drug-likeness (QED) is 0.843. The van der Waals surface area contributed by atoms with Gasteiger partial charge < -0.3 is 10.5 Å². The number of nitrogens with one attached hydrogen (secondary N) is 1. The third-order valence-electron chi connectivity index (χ3n) is 4.79. The van der Waals surface area contributed by atoms with Crippen LogP contribution in [0.3, 0.4) is 0 Å².